The SMILES string of the molecule is O=C(O)c1ccccc1OC[C@H]1OCCNC[C@@H]1c1ccc(Cl)c(Cl)c1. The van der Waals surface area contributed by atoms with Crippen LogP contribution in [-0.2, 0) is 4.74 Å². The van der Waals surface area contributed by atoms with Crippen molar-refractivity contribution in [2.45, 2.75) is 12.0 Å². The molecule has 3 rings (SSSR count). The van der Waals surface area contributed by atoms with Crippen LogP contribution in [0.15, 0.2) is 42.5 Å². The summed E-state index contributed by atoms with van der Waals surface area (Å²) in [7, 11) is 0. The maximum atomic E-state index is 11.3. The average molecular weight is 396 g/mol. The molecular formula is C19H19Cl2NO4. The van der Waals surface area contributed by atoms with Crippen molar-refractivity contribution in [1.82, 2.24) is 5.32 Å². The number of halogens is 2. The molecule has 5 nitrogen and oxygen atoms in total. The highest BCUT2D eigenvalue weighted by molar-refractivity contribution is 6.42. The summed E-state index contributed by atoms with van der Waals surface area (Å²) in [5, 5.41) is 13.6. The second-order valence-corrected chi connectivity index (χ2v) is 6.82. The van der Waals surface area contributed by atoms with Gasteiger partial charge < -0.3 is 19.9 Å². The number of hydrogen-bond donors (Lipinski definition) is 2. The smallest absolute Gasteiger partial charge is 0.339 e. The van der Waals surface area contributed by atoms with E-state index in [4.69, 9.17) is 32.7 Å². The predicted octanol–water partition coefficient (Wildman–Crippen LogP) is 3.84. The van der Waals surface area contributed by atoms with Gasteiger partial charge in [-0.2, -0.15) is 0 Å². The molecule has 1 saturated heterocycles. The summed E-state index contributed by atoms with van der Waals surface area (Å²) in [6.07, 6.45) is -0.246. The van der Waals surface area contributed by atoms with Crippen molar-refractivity contribution in [3.8, 4) is 5.75 Å². The van der Waals surface area contributed by atoms with E-state index in [1.54, 1.807) is 24.3 Å². The Balaban J connectivity index is 1.79. The number of benzene rings is 2. The van der Waals surface area contributed by atoms with Crippen LogP contribution in [0.5, 0.6) is 5.75 Å². The minimum atomic E-state index is -1.02. The molecule has 1 aliphatic heterocycles. The first-order valence-corrected chi connectivity index (χ1v) is 9.04. The topological polar surface area (TPSA) is 67.8 Å². The number of rotatable bonds is 5. The van der Waals surface area contributed by atoms with E-state index in [-0.39, 0.29) is 24.2 Å². The summed E-state index contributed by atoms with van der Waals surface area (Å²) in [5.74, 6) is -0.692. The van der Waals surface area contributed by atoms with Crippen molar-refractivity contribution in [3.63, 3.8) is 0 Å². The molecule has 2 N–H and O–H groups in total. The molecule has 2 atom stereocenters. The monoisotopic (exact) mass is 395 g/mol. The van der Waals surface area contributed by atoms with Gasteiger partial charge in [0.1, 0.15) is 17.9 Å². The zero-order valence-corrected chi connectivity index (χ0v) is 15.5. The fourth-order valence-electron chi connectivity index (χ4n) is 2.97. The number of aromatic carboxylic acids is 1. The van der Waals surface area contributed by atoms with Gasteiger partial charge in [-0.1, -0.05) is 41.4 Å². The van der Waals surface area contributed by atoms with Gasteiger partial charge in [-0.15, -0.1) is 0 Å². The molecule has 2 aromatic carbocycles. The molecule has 7 heteroatoms. The molecule has 0 radical (unpaired) electrons. The fraction of sp³-hybridized carbons (Fsp3) is 0.316. The van der Waals surface area contributed by atoms with Gasteiger partial charge in [-0.3, -0.25) is 0 Å². The molecule has 0 spiro atoms. The Morgan fingerprint density at radius 2 is 2.04 bits per heavy atom. The number of carboxylic acids is 1. The Labute approximate surface area is 161 Å². The molecule has 0 amide bonds. The lowest BCUT2D eigenvalue weighted by atomic mass is 9.93. The third-order valence-electron chi connectivity index (χ3n) is 4.32. The zero-order chi connectivity index (χ0) is 18.5. The molecule has 0 bridgehead atoms. The molecule has 0 aliphatic carbocycles. The second-order valence-electron chi connectivity index (χ2n) is 6.01. The summed E-state index contributed by atoms with van der Waals surface area (Å²) >= 11 is 12.2. The van der Waals surface area contributed by atoms with Crippen molar-refractivity contribution >= 4 is 29.2 Å². The van der Waals surface area contributed by atoms with E-state index in [0.717, 1.165) is 12.1 Å². The van der Waals surface area contributed by atoms with E-state index >= 15 is 0 Å². The van der Waals surface area contributed by atoms with Crippen LogP contribution in [0.3, 0.4) is 0 Å². The lowest BCUT2D eigenvalue weighted by molar-refractivity contribution is 0.0176. The van der Waals surface area contributed by atoms with Gasteiger partial charge in [0, 0.05) is 19.0 Å². The quantitative estimate of drug-likeness (QED) is 0.804. The third-order valence-corrected chi connectivity index (χ3v) is 5.06. The van der Waals surface area contributed by atoms with Gasteiger partial charge in [-0.25, -0.2) is 4.79 Å². The largest absolute Gasteiger partial charge is 0.490 e. The van der Waals surface area contributed by atoms with E-state index in [1.807, 2.05) is 12.1 Å². The van der Waals surface area contributed by atoms with E-state index in [0.29, 0.717) is 28.9 Å². The molecule has 2 aromatic rings. The highest BCUT2D eigenvalue weighted by atomic mass is 35.5. The lowest BCUT2D eigenvalue weighted by Gasteiger charge is -2.25. The van der Waals surface area contributed by atoms with E-state index in [9.17, 15) is 9.90 Å². The molecule has 0 unspecified atom stereocenters. The van der Waals surface area contributed by atoms with Crippen LogP contribution in [0.25, 0.3) is 0 Å². The third kappa shape index (κ3) is 4.48. The van der Waals surface area contributed by atoms with Gasteiger partial charge >= 0.3 is 5.97 Å². The number of carbonyl (C=O) groups is 1. The zero-order valence-electron chi connectivity index (χ0n) is 14.0. The van der Waals surface area contributed by atoms with Crippen LogP contribution >= 0.6 is 23.2 Å². The Bertz CT molecular complexity index is 784. The number of para-hydroxylation sites is 1. The molecule has 26 heavy (non-hydrogen) atoms. The summed E-state index contributed by atoms with van der Waals surface area (Å²) in [6.45, 7) is 2.22. The minimum absolute atomic E-state index is 0.00394. The van der Waals surface area contributed by atoms with Crippen molar-refractivity contribution in [3.05, 3.63) is 63.6 Å². The van der Waals surface area contributed by atoms with Crippen molar-refractivity contribution in [2.75, 3.05) is 26.3 Å². The first-order valence-electron chi connectivity index (χ1n) is 8.28. The molecule has 1 aliphatic rings. The minimum Gasteiger partial charge on any atom is -0.490 e. The Morgan fingerprint density at radius 1 is 1.23 bits per heavy atom. The molecular weight excluding hydrogens is 377 g/mol. The first-order chi connectivity index (χ1) is 12.6. The summed E-state index contributed by atoms with van der Waals surface area (Å²) in [6, 6.07) is 12.1. The number of ether oxygens (including phenoxy) is 2. The molecule has 0 aromatic heterocycles. The van der Waals surface area contributed by atoms with Crippen molar-refractivity contribution in [2.24, 2.45) is 0 Å². The summed E-state index contributed by atoms with van der Waals surface area (Å²) in [5.41, 5.74) is 1.12. The average Bonchev–Trinajstić information content (AvgIpc) is 2.88. The first kappa shape index (κ1) is 19.0. The number of nitrogens with one attached hydrogen (secondary N) is 1. The maximum absolute atomic E-state index is 11.3. The van der Waals surface area contributed by atoms with Crippen LogP contribution in [0.4, 0.5) is 0 Å². The van der Waals surface area contributed by atoms with E-state index in [2.05, 4.69) is 5.32 Å². The second kappa shape index (κ2) is 8.73. The van der Waals surface area contributed by atoms with Gasteiger partial charge in [-0.05, 0) is 29.8 Å². The fourth-order valence-corrected chi connectivity index (χ4v) is 3.28. The number of hydrogen-bond acceptors (Lipinski definition) is 4. The van der Waals surface area contributed by atoms with E-state index < -0.39 is 5.97 Å². The van der Waals surface area contributed by atoms with Gasteiger partial charge in [0.15, 0.2) is 0 Å². The van der Waals surface area contributed by atoms with E-state index in [1.165, 1.54) is 6.07 Å². The molecule has 138 valence electrons. The van der Waals surface area contributed by atoms with Gasteiger partial charge in [0.25, 0.3) is 0 Å². The summed E-state index contributed by atoms with van der Waals surface area (Å²) in [4.78, 5) is 11.3. The van der Waals surface area contributed by atoms with Crippen LogP contribution in [0, 0.1) is 0 Å². The lowest BCUT2D eigenvalue weighted by Crippen LogP contribution is -2.32. The van der Waals surface area contributed by atoms with Crippen LogP contribution in [-0.4, -0.2) is 43.5 Å². The van der Waals surface area contributed by atoms with Gasteiger partial charge in [0.05, 0.1) is 22.8 Å². The highest BCUT2D eigenvalue weighted by Gasteiger charge is 2.27. The molecule has 0 saturated carbocycles. The normalized spacial score (nSPS) is 20.4. The Hall–Kier alpha value is -1.79. The Kier molecular flexibility index (Phi) is 6.38. The molecule has 1 heterocycles. The Morgan fingerprint density at radius 3 is 2.81 bits per heavy atom. The summed E-state index contributed by atoms with van der Waals surface area (Å²) < 4.78 is 11.8. The predicted molar refractivity (Wildman–Crippen MR) is 101 cm³/mol. The number of carboxylic acid groups (broad SMARTS) is 1. The van der Waals surface area contributed by atoms with Crippen molar-refractivity contribution in [1.29, 1.82) is 0 Å². The highest BCUT2D eigenvalue weighted by Crippen LogP contribution is 2.30. The maximum Gasteiger partial charge on any atom is 0.339 e. The van der Waals surface area contributed by atoms with Crippen LogP contribution in [0.1, 0.15) is 21.8 Å². The standard InChI is InChI=1S/C19H19Cl2NO4/c20-15-6-5-12(9-16(15)21)14-10-22-7-8-25-18(14)11-26-17-4-2-1-3-13(17)19(23)24/h1-6,9,14,18,22H,7-8,10-11H2,(H,23,24)/t14-,18-/m1/s1. The van der Waals surface area contributed by atoms with Crippen molar-refractivity contribution < 1.29 is 19.4 Å². The van der Waals surface area contributed by atoms with Gasteiger partial charge in [0.2, 0.25) is 0 Å². The molecule has 1 fully saturated rings. The van der Waals surface area contributed by atoms with Crippen LogP contribution in [0.2, 0.25) is 10.0 Å². The van der Waals surface area contributed by atoms with Crippen LogP contribution < -0.4 is 10.1 Å².